The molecule has 66 heavy (non-hydrogen) atoms. The van der Waals surface area contributed by atoms with Gasteiger partial charge in [0.05, 0.1) is 43.7 Å². The number of rotatable bonds is 12. The molecular formula is C45H74O21. The molecule has 8 aliphatic rings. The van der Waals surface area contributed by atoms with Crippen molar-refractivity contribution in [3.63, 3.8) is 0 Å². The van der Waals surface area contributed by atoms with Gasteiger partial charge in [-0.15, -0.1) is 0 Å². The lowest BCUT2D eigenvalue weighted by Crippen LogP contribution is -2.71. The van der Waals surface area contributed by atoms with Crippen molar-refractivity contribution in [1.29, 1.82) is 0 Å². The van der Waals surface area contributed by atoms with Gasteiger partial charge in [-0.25, -0.2) is 0 Å². The molecule has 0 unspecified atom stereocenters. The number of hydrogen-bond donors (Lipinski definition) is 13. The van der Waals surface area contributed by atoms with E-state index in [9.17, 15) is 71.2 Å². The molecule has 4 aliphatic carbocycles. The van der Waals surface area contributed by atoms with Crippen LogP contribution in [0.3, 0.4) is 0 Å². The molecule has 0 bridgehead atoms. The first-order chi connectivity index (χ1) is 30.9. The molecule has 0 radical (unpaired) electrons. The molecule has 13 N–H and O–H groups in total. The summed E-state index contributed by atoms with van der Waals surface area (Å²) in [4.78, 5) is 14.3. The molecule has 380 valence electrons. The number of hydrogen-bond acceptors (Lipinski definition) is 21. The van der Waals surface area contributed by atoms with Crippen molar-refractivity contribution in [2.45, 2.75) is 208 Å². The number of carbonyl (C=O) groups excluding carboxylic acids is 1. The van der Waals surface area contributed by atoms with Crippen LogP contribution >= 0.6 is 0 Å². The topological polar surface area (TPSA) is 345 Å². The fourth-order valence-electron chi connectivity index (χ4n) is 13.9. The maximum atomic E-state index is 14.3. The maximum absolute atomic E-state index is 14.3. The molecule has 0 aromatic rings. The van der Waals surface area contributed by atoms with Crippen LogP contribution in [0.5, 0.6) is 0 Å². The zero-order valence-electron chi connectivity index (χ0n) is 38.2. The first kappa shape index (κ1) is 51.2. The van der Waals surface area contributed by atoms with Crippen molar-refractivity contribution < 1.29 is 104 Å². The third-order valence-corrected chi connectivity index (χ3v) is 18.0. The second-order valence-electron chi connectivity index (χ2n) is 21.7. The number of carbonyl (C=O) groups is 1. The molecule has 0 aromatic heterocycles. The summed E-state index contributed by atoms with van der Waals surface area (Å²) >= 11 is 0. The summed E-state index contributed by atoms with van der Waals surface area (Å²) in [5.41, 5.74) is -3.21. The van der Waals surface area contributed by atoms with E-state index >= 15 is 0 Å². The highest BCUT2D eigenvalue weighted by molar-refractivity contribution is 5.85. The Kier molecular flexibility index (Phi) is 14.6. The Hall–Kier alpha value is -1.13. The minimum Gasteiger partial charge on any atom is -0.394 e. The number of ketones is 1. The maximum Gasteiger partial charge on any atom is 0.187 e. The Bertz CT molecular complexity index is 1710. The summed E-state index contributed by atoms with van der Waals surface area (Å²) in [6, 6.07) is 0. The molecule has 28 atom stereocenters. The van der Waals surface area contributed by atoms with Crippen LogP contribution in [-0.4, -0.2) is 214 Å². The van der Waals surface area contributed by atoms with Gasteiger partial charge in [-0.3, -0.25) is 4.79 Å². The van der Waals surface area contributed by atoms with Gasteiger partial charge in [-0.05, 0) is 74.0 Å². The Morgan fingerprint density at radius 3 is 2.03 bits per heavy atom. The van der Waals surface area contributed by atoms with Crippen LogP contribution < -0.4 is 0 Å². The standard InChI is InChI=1S/C45H74O21/c1-17(16-60-39-36(56)34(54)31(51)26(14-46)63-39)6-9-45(59)18(2)29-24(66-45)11-22-20-10-28(49)44(58)13-25(23(48)12-43(44,5)21(20)7-8-42(22,29)4)62-41-38(35(55)32(52)27(15-47)64-41)65-40-37(57)33(53)30(50)19(3)61-40/h17-22,24-41,46-47,49-59H,6-16H2,1-5H3/t17-,18+,19+,20-,21+,22-,24-,25-,26-,27-,28+,29-,30+,31-,32-,33-,34+,35+,36-,37-,38-,39-,40+,41-,42+,43-,44+,45-/m1/s1. The van der Waals surface area contributed by atoms with Crippen LogP contribution in [0.2, 0.25) is 0 Å². The molecule has 21 heteroatoms. The van der Waals surface area contributed by atoms with Gasteiger partial charge in [-0.2, -0.15) is 0 Å². The average molecular weight is 951 g/mol. The first-order valence-electron chi connectivity index (χ1n) is 23.8. The fourth-order valence-corrected chi connectivity index (χ4v) is 13.9. The van der Waals surface area contributed by atoms with E-state index in [0.717, 1.165) is 6.42 Å². The summed E-state index contributed by atoms with van der Waals surface area (Å²) in [7, 11) is 0. The van der Waals surface area contributed by atoms with Gasteiger partial charge in [0.2, 0.25) is 0 Å². The number of fused-ring (bicyclic) bond motifs is 7. The normalized spacial score (nSPS) is 56.6. The Labute approximate surface area is 383 Å². The lowest BCUT2D eigenvalue weighted by Gasteiger charge is -2.65. The van der Waals surface area contributed by atoms with E-state index in [4.69, 9.17) is 33.2 Å². The molecule has 21 nitrogen and oxygen atoms in total. The molecule has 4 saturated carbocycles. The predicted octanol–water partition coefficient (Wildman–Crippen LogP) is -3.49. The second-order valence-corrected chi connectivity index (χ2v) is 21.7. The van der Waals surface area contributed by atoms with Crippen LogP contribution in [0, 0.1) is 46.3 Å². The Morgan fingerprint density at radius 1 is 0.742 bits per heavy atom. The van der Waals surface area contributed by atoms with Crippen molar-refractivity contribution in [3.8, 4) is 0 Å². The fraction of sp³-hybridized carbons (Fsp3) is 0.978. The van der Waals surface area contributed by atoms with Gasteiger partial charge >= 0.3 is 0 Å². The highest BCUT2D eigenvalue weighted by atomic mass is 16.8. The van der Waals surface area contributed by atoms with Crippen molar-refractivity contribution in [3.05, 3.63) is 0 Å². The number of Topliss-reactive ketones (excluding diaryl/α,β-unsaturated/α-hetero) is 1. The molecule has 4 saturated heterocycles. The molecule has 8 fully saturated rings. The lowest BCUT2D eigenvalue weighted by atomic mass is 9.42. The zero-order valence-corrected chi connectivity index (χ0v) is 38.2. The Balaban J connectivity index is 0.919. The van der Waals surface area contributed by atoms with Crippen molar-refractivity contribution >= 4 is 5.78 Å². The summed E-state index contributed by atoms with van der Waals surface area (Å²) in [5, 5.41) is 140. The van der Waals surface area contributed by atoms with E-state index in [1.807, 2.05) is 20.8 Å². The van der Waals surface area contributed by atoms with Gasteiger partial charge < -0.3 is 99.5 Å². The molecular weight excluding hydrogens is 876 g/mol. The number of ether oxygens (including phenoxy) is 7. The Morgan fingerprint density at radius 2 is 1.36 bits per heavy atom. The molecule has 4 heterocycles. The van der Waals surface area contributed by atoms with Gasteiger partial charge in [0.1, 0.15) is 73.2 Å². The summed E-state index contributed by atoms with van der Waals surface area (Å²) < 4.78 is 41.2. The smallest absolute Gasteiger partial charge is 0.187 e. The minimum atomic E-state index is -1.82. The minimum absolute atomic E-state index is 0.0235. The van der Waals surface area contributed by atoms with E-state index in [1.165, 1.54) is 6.92 Å². The average Bonchev–Trinajstić information content (AvgIpc) is 3.71. The van der Waals surface area contributed by atoms with Gasteiger partial charge in [-0.1, -0.05) is 27.7 Å². The lowest BCUT2D eigenvalue weighted by molar-refractivity contribution is -0.370. The summed E-state index contributed by atoms with van der Waals surface area (Å²) in [6.07, 6.45) is -23.3. The monoisotopic (exact) mass is 950 g/mol. The van der Waals surface area contributed by atoms with Crippen LogP contribution in [0.1, 0.15) is 86.0 Å². The van der Waals surface area contributed by atoms with E-state index in [2.05, 4.69) is 6.92 Å². The van der Waals surface area contributed by atoms with E-state index in [1.54, 1.807) is 0 Å². The largest absolute Gasteiger partial charge is 0.394 e. The first-order valence-corrected chi connectivity index (χ1v) is 23.8. The van der Waals surface area contributed by atoms with Gasteiger partial charge in [0.15, 0.2) is 30.4 Å². The highest BCUT2D eigenvalue weighted by Gasteiger charge is 2.72. The number of aliphatic hydroxyl groups excluding tert-OH is 11. The SMILES string of the molecule is C[C@H](CC[C@@]1(O)O[C@@H]2C[C@@H]3[C@@H]4C[C@H](O)[C@@]5(O)C[C@@H](O[C@@H]6O[C@H](CO)[C@@H](O)[C@H](O)[C@H]6O[C@@H]6O[C@@H](C)[C@H](O)[C@@H](O)[C@H]6O)C(=O)C[C@]5(C)[C@H]4CC[C@]3(C)[C@@H]2[C@@H]1C)CO[C@@H]1O[C@H](CO)[C@@H](O)[C@H](O)[C@H]1O. The molecule has 0 spiro atoms. The van der Waals surface area contributed by atoms with Crippen LogP contribution in [0.25, 0.3) is 0 Å². The van der Waals surface area contributed by atoms with E-state index < -0.39 is 140 Å². The van der Waals surface area contributed by atoms with E-state index in [0.29, 0.717) is 25.7 Å². The molecule has 4 aliphatic heterocycles. The number of aliphatic hydroxyl groups is 13. The van der Waals surface area contributed by atoms with Crippen LogP contribution in [0.4, 0.5) is 0 Å². The quantitative estimate of drug-likeness (QED) is 0.0845. The summed E-state index contributed by atoms with van der Waals surface area (Å²) in [5.74, 6) is -2.51. The second kappa shape index (κ2) is 18.8. The van der Waals surface area contributed by atoms with Crippen molar-refractivity contribution in [2.75, 3.05) is 19.8 Å². The molecule has 0 aromatic carbocycles. The van der Waals surface area contributed by atoms with E-state index in [-0.39, 0.29) is 72.9 Å². The van der Waals surface area contributed by atoms with Crippen molar-refractivity contribution in [2.24, 2.45) is 46.3 Å². The van der Waals surface area contributed by atoms with Crippen LogP contribution in [0.15, 0.2) is 0 Å². The van der Waals surface area contributed by atoms with Gasteiger partial charge in [0.25, 0.3) is 0 Å². The van der Waals surface area contributed by atoms with Crippen molar-refractivity contribution in [1.82, 2.24) is 0 Å². The highest BCUT2D eigenvalue weighted by Crippen LogP contribution is 2.71. The summed E-state index contributed by atoms with van der Waals surface area (Å²) in [6.45, 7) is 8.18. The van der Waals surface area contributed by atoms with Crippen LogP contribution in [-0.2, 0) is 38.0 Å². The zero-order chi connectivity index (χ0) is 48.2. The van der Waals surface area contributed by atoms with Gasteiger partial charge in [0, 0.05) is 30.6 Å². The third kappa shape index (κ3) is 8.34. The molecule has 0 amide bonds. The third-order valence-electron chi connectivity index (χ3n) is 18.0. The molecule has 8 rings (SSSR count). The predicted molar refractivity (Wildman–Crippen MR) is 221 cm³/mol.